The predicted octanol–water partition coefficient (Wildman–Crippen LogP) is 1.93. The molecule has 0 aliphatic carbocycles. The Kier molecular flexibility index (Phi) is 5.33. The molecule has 21 heavy (non-hydrogen) atoms. The third kappa shape index (κ3) is 4.56. The Balaban J connectivity index is 1.84. The molecule has 1 atom stereocenters. The van der Waals surface area contributed by atoms with Gasteiger partial charge in [0.15, 0.2) is 0 Å². The van der Waals surface area contributed by atoms with Gasteiger partial charge >= 0.3 is 0 Å². The van der Waals surface area contributed by atoms with Gasteiger partial charge in [0.2, 0.25) is 5.91 Å². The number of anilines is 1. The van der Waals surface area contributed by atoms with E-state index in [4.69, 9.17) is 4.74 Å². The molecule has 1 aromatic rings. The van der Waals surface area contributed by atoms with E-state index in [1.165, 1.54) is 0 Å². The van der Waals surface area contributed by atoms with Crippen LogP contribution in [0.5, 0.6) is 5.75 Å². The summed E-state index contributed by atoms with van der Waals surface area (Å²) in [4.78, 5) is 25.5. The van der Waals surface area contributed by atoms with Gasteiger partial charge in [-0.1, -0.05) is 0 Å². The zero-order valence-corrected chi connectivity index (χ0v) is 12.6. The fraction of sp³-hybridized carbons (Fsp3) is 0.500. The van der Waals surface area contributed by atoms with Crippen molar-refractivity contribution in [3.8, 4) is 5.75 Å². The lowest BCUT2D eigenvalue weighted by molar-refractivity contribution is -0.124. The number of hydrogen-bond donors (Lipinski definition) is 1. The topological polar surface area (TPSA) is 58.6 Å². The van der Waals surface area contributed by atoms with Crippen molar-refractivity contribution in [1.29, 1.82) is 0 Å². The first-order valence-electron chi connectivity index (χ1n) is 7.25. The molecule has 1 aromatic carbocycles. The minimum absolute atomic E-state index is 0.0515. The number of rotatable bonds is 5. The lowest BCUT2D eigenvalue weighted by Crippen LogP contribution is -2.42. The van der Waals surface area contributed by atoms with Crippen LogP contribution in [-0.2, 0) is 9.59 Å². The van der Waals surface area contributed by atoms with Gasteiger partial charge in [0, 0.05) is 18.2 Å². The van der Waals surface area contributed by atoms with Crippen LogP contribution in [0.1, 0.15) is 19.8 Å². The van der Waals surface area contributed by atoms with E-state index in [9.17, 15) is 9.59 Å². The van der Waals surface area contributed by atoms with Gasteiger partial charge in [-0.2, -0.15) is 0 Å². The number of methoxy groups -OCH3 is 1. The number of hydrogen-bond acceptors (Lipinski definition) is 4. The maximum absolute atomic E-state index is 12.0. The summed E-state index contributed by atoms with van der Waals surface area (Å²) in [5, 5.41) is 2.86. The highest BCUT2D eigenvalue weighted by molar-refractivity contribution is 5.92. The van der Waals surface area contributed by atoms with Crippen molar-refractivity contribution >= 4 is 17.4 Å². The minimum Gasteiger partial charge on any atom is -0.497 e. The van der Waals surface area contributed by atoms with E-state index in [1.54, 1.807) is 14.0 Å². The Morgan fingerprint density at radius 1 is 1.33 bits per heavy atom. The lowest BCUT2D eigenvalue weighted by atomic mass is 9.95. The SMILES string of the molecule is COc1ccc(NC(=O)CN2CCCC(C(C)=O)C2)cc1. The van der Waals surface area contributed by atoms with Gasteiger partial charge in [0.05, 0.1) is 13.7 Å². The first-order chi connectivity index (χ1) is 10.1. The van der Waals surface area contributed by atoms with E-state index >= 15 is 0 Å². The van der Waals surface area contributed by atoms with E-state index in [2.05, 4.69) is 10.2 Å². The molecule has 1 N–H and O–H groups in total. The number of nitrogens with zero attached hydrogens (tertiary/aromatic N) is 1. The van der Waals surface area contributed by atoms with Gasteiger partial charge in [-0.3, -0.25) is 14.5 Å². The van der Waals surface area contributed by atoms with E-state index in [-0.39, 0.29) is 17.6 Å². The first kappa shape index (κ1) is 15.5. The van der Waals surface area contributed by atoms with Crippen molar-refractivity contribution in [1.82, 2.24) is 4.90 Å². The molecule has 5 heteroatoms. The van der Waals surface area contributed by atoms with Crippen molar-refractivity contribution in [3.05, 3.63) is 24.3 Å². The molecule has 114 valence electrons. The molecule has 0 aromatic heterocycles. The fourth-order valence-electron chi connectivity index (χ4n) is 2.61. The largest absolute Gasteiger partial charge is 0.497 e. The average molecular weight is 290 g/mol. The van der Waals surface area contributed by atoms with Crippen LogP contribution in [0.4, 0.5) is 5.69 Å². The maximum atomic E-state index is 12.0. The molecule has 1 fully saturated rings. The van der Waals surface area contributed by atoms with Crippen LogP contribution in [0.3, 0.4) is 0 Å². The quantitative estimate of drug-likeness (QED) is 0.900. The predicted molar refractivity (Wildman–Crippen MR) is 81.5 cm³/mol. The molecule has 0 bridgehead atoms. The molecule has 0 saturated carbocycles. The van der Waals surface area contributed by atoms with Crippen LogP contribution >= 0.6 is 0 Å². The molecule has 1 unspecified atom stereocenters. The summed E-state index contributed by atoms with van der Waals surface area (Å²) in [6, 6.07) is 7.24. The second-order valence-corrected chi connectivity index (χ2v) is 5.46. The lowest BCUT2D eigenvalue weighted by Gasteiger charge is -2.30. The number of benzene rings is 1. The second-order valence-electron chi connectivity index (χ2n) is 5.46. The summed E-state index contributed by atoms with van der Waals surface area (Å²) >= 11 is 0. The van der Waals surface area contributed by atoms with Crippen LogP contribution in [0, 0.1) is 5.92 Å². The van der Waals surface area contributed by atoms with E-state index in [0.717, 1.165) is 30.8 Å². The van der Waals surface area contributed by atoms with Gasteiger partial charge in [-0.25, -0.2) is 0 Å². The Morgan fingerprint density at radius 3 is 2.67 bits per heavy atom. The zero-order chi connectivity index (χ0) is 15.2. The number of piperidine rings is 1. The summed E-state index contributed by atoms with van der Waals surface area (Å²) in [6.45, 7) is 3.52. The number of amides is 1. The van der Waals surface area contributed by atoms with Crippen molar-refractivity contribution in [2.45, 2.75) is 19.8 Å². The highest BCUT2D eigenvalue weighted by atomic mass is 16.5. The summed E-state index contributed by atoms with van der Waals surface area (Å²) in [6.07, 6.45) is 1.91. The normalized spacial score (nSPS) is 19.0. The van der Waals surface area contributed by atoms with Crippen LogP contribution < -0.4 is 10.1 Å². The van der Waals surface area contributed by atoms with Gasteiger partial charge in [-0.15, -0.1) is 0 Å². The van der Waals surface area contributed by atoms with Gasteiger partial charge in [0.25, 0.3) is 0 Å². The summed E-state index contributed by atoms with van der Waals surface area (Å²) in [7, 11) is 1.61. The van der Waals surface area contributed by atoms with E-state index < -0.39 is 0 Å². The number of ether oxygens (including phenoxy) is 1. The molecule has 1 saturated heterocycles. The fourth-order valence-corrected chi connectivity index (χ4v) is 2.61. The van der Waals surface area contributed by atoms with Gasteiger partial charge in [-0.05, 0) is 50.6 Å². The molecule has 5 nitrogen and oxygen atoms in total. The molecule has 1 heterocycles. The Bertz CT molecular complexity index is 499. The third-order valence-electron chi connectivity index (χ3n) is 3.82. The van der Waals surface area contributed by atoms with E-state index in [0.29, 0.717) is 13.1 Å². The first-order valence-corrected chi connectivity index (χ1v) is 7.25. The number of ketones is 1. The number of Topliss-reactive ketones (excluding diaryl/α,β-unsaturated/α-hetero) is 1. The molecular formula is C16H22N2O3. The highest BCUT2D eigenvalue weighted by Crippen LogP contribution is 2.18. The zero-order valence-electron chi connectivity index (χ0n) is 12.6. The van der Waals surface area contributed by atoms with Crippen LogP contribution in [0.15, 0.2) is 24.3 Å². The Labute approximate surface area is 125 Å². The average Bonchev–Trinajstić information content (AvgIpc) is 2.48. The third-order valence-corrected chi connectivity index (χ3v) is 3.82. The number of nitrogens with one attached hydrogen (secondary N) is 1. The molecule has 1 aliphatic rings. The van der Waals surface area contributed by atoms with E-state index in [1.807, 2.05) is 24.3 Å². The second kappa shape index (κ2) is 7.22. The monoisotopic (exact) mass is 290 g/mol. The number of likely N-dealkylation sites (tertiary alicyclic amines) is 1. The molecule has 2 rings (SSSR count). The van der Waals surface area contributed by atoms with Crippen molar-refractivity contribution in [2.75, 3.05) is 32.1 Å². The molecule has 0 radical (unpaired) electrons. The summed E-state index contributed by atoms with van der Waals surface area (Å²) < 4.78 is 5.08. The van der Waals surface area contributed by atoms with Crippen molar-refractivity contribution in [3.63, 3.8) is 0 Å². The maximum Gasteiger partial charge on any atom is 0.238 e. The summed E-state index contributed by atoms with van der Waals surface area (Å²) in [5.41, 5.74) is 0.751. The molecule has 0 spiro atoms. The van der Waals surface area contributed by atoms with Crippen LogP contribution in [0.2, 0.25) is 0 Å². The molecular weight excluding hydrogens is 268 g/mol. The van der Waals surface area contributed by atoms with Crippen molar-refractivity contribution in [2.24, 2.45) is 5.92 Å². The Morgan fingerprint density at radius 2 is 2.05 bits per heavy atom. The van der Waals surface area contributed by atoms with Crippen molar-refractivity contribution < 1.29 is 14.3 Å². The molecule has 1 amide bonds. The van der Waals surface area contributed by atoms with Crippen LogP contribution in [0.25, 0.3) is 0 Å². The highest BCUT2D eigenvalue weighted by Gasteiger charge is 2.24. The summed E-state index contributed by atoms with van der Waals surface area (Å²) in [5.74, 6) is 1.00. The smallest absolute Gasteiger partial charge is 0.238 e. The minimum atomic E-state index is -0.0515. The van der Waals surface area contributed by atoms with Crippen LogP contribution in [-0.4, -0.2) is 43.3 Å². The Hall–Kier alpha value is -1.88. The van der Waals surface area contributed by atoms with Gasteiger partial charge < -0.3 is 10.1 Å². The standard InChI is InChI=1S/C16H22N2O3/c1-12(19)13-4-3-9-18(10-13)11-16(20)17-14-5-7-15(21-2)8-6-14/h5-8,13H,3-4,9-11H2,1-2H3,(H,17,20). The van der Waals surface area contributed by atoms with Gasteiger partial charge in [0.1, 0.15) is 11.5 Å². The number of carbonyl (C=O) groups is 2. The molecule has 1 aliphatic heterocycles. The number of carbonyl (C=O) groups excluding carboxylic acids is 2.